The van der Waals surface area contributed by atoms with E-state index in [2.05, 4.69) is 11.4 Å². The van der Waals surface area contributed by atoms with Gasteiger partial charge in [-0.05, 0) is 60.0 Å². The maximum atomic E-state index is 12.6. The first-order valence-corrected chi connectivity index (χ1v) is 12.8. The molecular weight excluding hydrogens is 482 g/mol. The molecule has 1 heterocycles. The van der Waals surface area contributed by atoms with Gasteiger partial charge in [0.05, 0.1) is 31.2 Å². The fourth-order valence-electron chi connectivity index (χ4n) is 3.82. The molecule has 4 rings (SSSR count). The Bertz CT molecular complexity index is 1380. The standard InChI is InChI=1S/C30H27N3O3S/c1-35-24-12-8-22(9-13-24)26-18-28(23-10-14-25(36-2)15-11-23)33-30(27(26)19-31)37-20-29(34)32-17-16-21-6-4-3-5-7-21/h3-15,18H,16-17,20H2,1-2H3,(H,32,34). The molecule has 0 bridgehead atoms. The minimum atomic E-state index is -0.104. The predicted octanol–water partition coefficient (Wildman–Crippen LogP) is 5.76. The topological polar surface area (TPSA) is 84.2 Å². The minimum Gasteiger partial charge on any atom is -0.497 e. The molecule has 0 unspecified atom stereocenters. The van der Waals surface area contributed by atoms with Crippen LogP contribution in [0.15, 0.2) is 90.0 Å². The molecule has 186 valence electrons. The number of aromatic nitrogens is 1. The molecule has 7 heteroatoms. The Hall–Kier alpha value is -4.28. The molecule has 0 aliphatic heterocycles. The van der Waals surface area contributed by atoms with Gasteiger partial charge in [0.15, 0.2) is 0 Å². The maximum absolute atomic E-state index is 12.6. The van der Waals surface area contributed by atoms with Crippen LogP contribution < -0.4 is 14.8 Å². The summed E-state index contributed by atoms with van der Waals surface area (Å²) in [5.74, 6) is 1.53. The van der Waals surface area contributed by atoms with Crippen molar-refractivity contribution in [3.63, 3.8) is 0 Å². The number of amides is 1. The number of carbonyl (C=O) groups excluding carboxylic acids is 1. The highest BCUT2D eigenvalue weighted by atomic mass is 32.2. The highest BCUT2D eigenvalue weighted by Gasteiger charge is 2.17. The van der Waals surface area contributed by atoms with Gasteiger partial charge in [0.25, 0.3) is 0 Å². The van der Waals surface area contributed by atoms with Gasteiger partial charge in [-0.1, -0.05) is 54.2 Å². The fourth-order valence-corrected chi connectivity index (χ4v) is 4.65. The highest BCUT2D eigenvalue weighted by molar-refractivity contribution is 8.00. The largest absolute Gasteiger partial charge is 0.497 e. The van der Waals surface area contributed by atoms with Gasteiger partial charge >= 0.3 is 0 Å². The lowest BCUT2D eigenvalue weighted by Gasteiger charge is -2.13. The smallest absolute Gasteiger partial charge is 0.230 e. The van der Waals surface area contributed by atoms with Gasteiger partial charge in [0.2, 0.25) is 5.91 Å². The van der Waals surface area contributed by atoms with Crippen molar-refractivity contribution < 1.29 is 14.3 Å². The van der Waals surface area contributed by atoms with Gasteiger partial charge < -0.3 is 14.8 Å². The number of methoxy groups -OCH3 is 2. The molecule has 0 aliphatic carbocycles. The Kier molecular flexibility index (Phi) is 8.79. The van der Waals surface area contributed by atoms with Gasteiger partial charge in [-0.3, -0.25) is 4.79 Å². The van der Waals surface area contributed by atoms with Gasteiger partial charge in [0, 0.05) is 17.7 Å². The third-order valence-electron chi connectivity index (χ3n) is 5.80. The zero-order chi connectivity index (χ0) is 26.0. The van der Waals surface area contributed by atoms with Gasteiger partial charge in [0.1, 0.15) is 22.6 Å². The van der Waals surface area contributed by atoms with E-state index in [0.29, 0.717) is 22.8 Å². The van der Waals surface area contributed by atoms with Gasteiger partial charge in [-0.2, -0.15) is 5.26 Å². The van der Waals surface area contributed by atoms with Crippen molar-refractivity contribution in [3.05, 3.63) is 96.1 Å². The number of ether oxygens (including phenoxy) is 2. The van der Waals surface area contributed by atoms with Crippen molar-refractivity contribution in [3.8, 4) is 40.0 Å². The Balaban J connectivity index is 1.59. The summed E-state index contributed by atoms with van der Waals surface area (Å²) < 4.78 is 10.6. The van der Waals surface area contributed by atoms with E-state index in [1.807, 2.05) is 84.9 Å². The molecule has 0 aliphatic rings. The normalized spacial score (nSPS) is 10.4. The van der Waals surface area contributed by atoms with Crippen LogP contribution >= 0.6 is 11.8 Å². The first-order valence-electron chi connectivity index (χ1n) is 11.8. The van der Waals surface area contributed by atoms with Crippen molar-refractivity contribution in [1.29, 1.82) is 5.26 Å². The van der Waals surface area contributed by atoms with E-state index in [9.17, 15) is 10.1 Å². The Morgan fingerprint density at radius 3 is 2.14 bits per heavy atom. The fraction of sp³-hybridized carbons (Fsp3) is 0.167. The number of benzene rings is 3. The van der Waals surface area contributed by atoms with Gasteiger partial charge in [-0.15, -0.1) is 0 Å². The van der Waals surface area contributed by atoms with Crippen LogP contribution in [0.2, 0.25) is 0 Å². The van der Waals surface area contributed by atoms with Crippen LogP contribution in [-0.4, -0.2) is 37.4 Å². The summed E-state index contributed by atoms with van der Waals surface area (Å²) in [6.07, 6.45) is 0.757. The van der Waals surface area contributed by atoms with Crippen LogP contribution in [0.25, 0.3) is 22.4 Å². The number of thioether (sulfide) groups is 1. The zero-order valence-corrected chi connectivity index (χ0v) is 21.5. The van der Waals surface area contributed by atoms with E-state index in [-0.39, 0.29) is 11.7 Å². The van der Waals surface area contributed by atoms with Crippen LogP contribution in [0.3, 0.4) is 0 Å². The summed E-state index contributed by atoms with van der Waals surface area (Å²) in [5, 5.41) is 13.6. The van der Waals surface area contributed by atoms with E-state index < -0.39 is 0 Å². The quantitative estimate of drug-likeness (QED) is 0.274. The molecule has 6 nitrogen and oxygen atoms in total. The second-order valence-corrected chi connectivity index (χ2v) is 9.14. The van der Waals surface area contributed by atoms with E-state index in [1.54, 1.807) is 14.2 Å². The summed E-state index contributed by atoms with van der Waals surface area (Å²) >= 11 is 1.26. The number of hydrogen-bond acceptors (Lipinski definition) is 6. The molecule has 3 aromatic carbocycles. The highest BCUT2D eigenvalue weighted by Crippen LogP contribution is 2.35. The Morgan fingerprint density at radius 2 is 1.54 bits per heavy atom. The first kappa shape index (κ1) is 25.8. The molecule has 0 saturated heterocycles. The summed E-state index contributed by atoms with van der Waals surface area (Å²) in [5.41, 5.74) is 4.81. The predicted molar refractivity (Wildman–Crippen MR) is 147 cm³/mol. The second kappa shape index (κ2) is 12.6. The van der Waals surface area contributed by atoms with E-state index in [0.717, 1.165) is 34.6 Å². The Morgan fingerprint density at radius 1 is 0.919 bits per heavy atom. The van der Waals surface area contributed by atoms with Crippen LogP contribution in [0.1, 0.15) is 11.1 Å². The van der Waals surface area contributed by atoms with E-state index >= 15 is 0 Å². The number of nitrogens with zero attached hydrogens (tertiary/aromatic N) is 2. The van der Waals surface area contributed by atoms with Crippen LogP contribution in [0.4, 0.5) is 0 Å². The van der Waals surface area contributed by atoms with Gasteiger partial charge in [-0.25, -0.2) is 4.98 Å². The molecule has 0 atom stereocenters. The summed E-state index contributed by atoms with van der Waals surface area (Å²) in [6, 6.07) is 29.4. The average Bonchev–Trinajstić information content (AvgIpc) is 2.96. The second-order valence-electron chi connectivity index (χ2n) is 8.18. The number of pyridine rings is 1. The van der Waals surface area contributed by atoms with Crippen molar-refractivity contribution in [2.45, 2.75) is 11.4 Å². The van der Waals surface area contributed by atoms with Crippen molar-refractivity contribution in [2.24, 2.45) is 0 Å². The number of rotatable bonds is 10. The average molecular weight is 510 g/mol. The summed E-state index contributed by atoms with van der Waals surface area (Å²) in [7, 11) is 3.24. The number of carbonyl (C=O) groups is 1. The molecular formula is C30H27N3O3S. The summed E-state index contributed by atoms with van der Waals surface area (Å²) in [6.45, 7) is 0.547. The lowest BCUT2D eigenvalue weighted by atomic mass is 9.99. The molecule has 1 aromatic heterocycles. The third-order valence-corrected chi connectivity index (χ3v) is 6.78. The lowest BCUT2D eigenvalue weighted by molar-refractivity contribution is -0.118. The van der Waals surface area contributed by atoms with Crippen LogP contribution in [0, 0.1) is 11.3 Å². The molecule has 37 heavy (non-hydrogen) atoms. The molecule has 1 amide bonds. The summed E-state index contributed by atoms with van der Waals surface area (Å²) in [4.78, 5) is 17.4. The molecule has 0 spiro atoms. The molecule has 0 saturated carbocycles. The first-order chi connectivity index (χ1) is 18.1. The number of nitrogens with one attached hydrogen (secondary N) is 1. The van der Waals surface area contributed by atoms with Crippen molar-refractivity contribution >= 4 is 17.7 Å². The monoisotopic (exact) mass is 509 g/mol. The number of hydrogen-bond donors (Lipinski definition) is 1. The lowest BCUT2D eigenvalue weighted by Crippen LogP contribution is -2.27. The zero-order valence-electron chi connectivity index (χ0n) is 20.7. The SMILES string of the molecule is COc1ccc(-c2cc(-c3ccc(OC)cc3)c(C#N)c(SCC(=O)NCCc3ccccc3)n2)cc1. The van der Waals surface area contributed by atoms with Crippen LogP contribution in [0.5, 0.6) is 11.5 Å². The molecule has 1 N–H and O–H groups in total. The van der Waals surface area contributed by atoms with Crippen molar-refractivity contribution in [2.75, 3.05) is 26.5 Å². The van der Waals surface area contributed by atoms with Crippen molar-refractivity contribution in [1.82, 2.24) is 10.3 Å². The maximum Gasteiger partial charge on any atom is 0.230 e. The van der Waals surface area contributed by atoms with E-state index in [4.69, 9.17) is 14.5 Å². The van der Waals surface area contributed by atoms with Crippen LogP contribution in [-0.2, 0) is 11.2 Å². The number of nitriles is 1. The molecule has 0 radical (unpaired) electrons. The third kappa shape index (κ3) is 6.69. The molecule has 0 fully saturated rings. The Labute approximate surface area is 221 Å². The molecule has 4 aromatic rings. The minimum absolute atomic E-state index is 0.104. The van der Waals surface area contributed by atoms with E-state index in [1.165, 1.54) is 17.3 Å².